The highest BCUT2D eigenvalue weighted by Gasteiger charge is 2.28. The Hall–Kier alpha value is -1.85. The molecule has 22 heavy (non-hydrogen) atoms. The van der Waals surface area contributed by atoms with Crippen molar-refractivity contribution in [3.8, 4) is 11.4 Å². The summed E-state index contributed by atoms with van der Waals surface area (Å²) in [5.74, 6) is 0.976. The summed E-state index contributed by atoms with van der Waals surface area (Å²) in [4.78, 5) is 8.13. The molecule has 0 saturated carbocycles. The van der Waals surface area contributed by atoms with Crippen molar-refractivity contribution >= 4 is 27.9 Å². The van der Waals surface area contributed by atoms with Gasteiger partial charge in [-0.25, -0.2) is 9.67 Å². The van der Waals surface area contributed by atoms with Crippen LogP contribution >= 0.6 is 22.9 Å². The van der Waals surface area contributed by atoms with Gasteiger partial charge < -0.3 is 4.90 Å². The normalized spacial score (nSPS) is 13.1. The highest BCUT2D eigenvalue weighted by atomic mass is 35.5. The molecule has 112 valence electrons. The molecule has 0 bridgehead atoms. The van der Waals surface area contributed by atoms with Crippen LogP contribution in [-0.2, 0) is 13.2 Å². The number of hydrogen-bond donors (Lipinski definition) is 0. The predicted octanol–water partition coefficient (Wildman–Crippen LogP) is 4.25. The van der Waals surface area contributed by atoms with Gasteiger partial charge in [0.2, 0.25) is 0 Å². The Balaban J connectivity index is 1.76. The van der Waals surface area contributed by atoms with E-state index < -0.39 is 0 Å². The first kappa shape index (κ1) is 13.8. The van der Waals surface area contributed by atoms with Crippen molar-refractivity contribution in [2.45, 2.75) is 27.1 Å². The molecular formula is C16H15ClN4S. The fraction of sp³-hybridized carbons (Fsp3) is 0.250. The van der Waals surface area contributed by atoms with Crippen molar-refractivity contribution in [2.24, 2.45) is 0 Å². The molecule has 0 N–H and O–H groups in total. The molecule has 0 amide bonds. The molecule has 0 unspecified atom stereocenters. The molecule has 0 fully saturated rings. The lowest BCUT2D eigenvalue weighted by atomic mass is 10.1. The molecule has 1 aliphatic heterocycles. The number of nitrogens with zero attached hydrogens (tertiary/aromatic N) is 4. The van der Waals surface area contributed by atoms with E-state index in [4.69, 9.17) is 11.6 Å². The quantitative estimate of drug-likeness (QED) is 0.704. The van der Waals surface area contributed by atoms with Crippen LogP contribution in [0.25, 0.3) is 11.4 Å². The zero-order valence-corrected chi connectivity index (χ0v) is 13.9. The molecular weight excluding hydrogens is 316 g/mol. The van der Waals surface area contributed by atoms with E-state index in [0.29, 0.717) is 0 Å². The maximum absolute atomic E-state index is 5.98. The van der Waals surface area contributed by atoms with Gasteiger partial charge in [0.15, 0.2) is 5.82 Å². The third-order valence-electron chi connectivity index (χ3n) is 4.08. The number of hydrogen-bond acceptors (Lipinski definition) is 4. The van der Waals surface area contributed by atoms with E-state index in [1.165, 1.54) is 26.6 Å². The van der Waals surface area contributed by atoms with Gasteiger partial charge in [0, 0.05) is 16.4 Å². The maximum atomic E-state index is 5.98. The molecule has 1 aliphatic rings. The van der Waals surface area contributed by atoms with Crippen LogP contribution in [0.1, 0.15) is 16.0 Å². The first-order valence-corrected chi connectivity index (χ1v) is 8.30. The molecule has 4 rings (SSSR count). The van der Waals surface area contributed by atoms with E-state index in [2.05, 4.69) is 41.0 Å². The minimum atomic E-state index is 0.727. The second-order valence-corrected chi connectivity index (χ2v) is 7.15. The molecule has 3 heterocycles. The van der Waals surface area contributed by atoms with Gasteiger partial charge in [-0.3, -0.25) is 0 Å². The van der Waals surface area contributed by atoms with E-state index >= 15 is 0 Å². The number of thiophene rings is 1. The minimum Gasteiger partial charge on any atom is -0.339 e. The van der Waals surface area contributed by atoms with Gasteiger partial charge in [-0.05, 0) is 37.1 Å². The lowest BCUT2D eigenvalue weighted by molar-refractivity contribution is 0.571. The average Bonchev–Trinajstić information content (AvgIpc) is 3.07. The number of aromatic nitrogens is 3. The van der Waals surface area contributed by atoms with Crippen LogP contribution in [0.4, 0.5) is 5.00 Å². The number of fused-ring (bicyclic) bond motifs is 3. The third kappa shape index (κ3) is 2.12. The van der Waals surface area contributed by atoms with E-state index in [0.717, 1.165) is 24.1 Å². The van der Waals surface area contributed by atoms with E-state index in [1.807, 2.05) is 28.2 Å². The van der Waals surface area contributed by atoms with Crippen LogP contribution in [-0.4, -0.2) is 14.8 Å². The number of rotatable bonds is 2. The van der Waals surface area contributed by atoms with Crippen molar-refractivity contribution in [3.63, 3.8) is 0 Å². The molecule has 2 aromatic heterocycles. The van der Waals surface area contributed by atoms with Gasteiger partial charge in [-0.2, -0.15) is 5.10 Å². The largest absolute Gasteiger partial charge is 0.339 e. The van der Waals surface area contributed by atoms with Gasteiger partial charge in [0.1, 0.15) is 18.0 Å². The van der Waals surface area contributed by atoms with Crippen molar-refractivity contribution < 1.29 is 0 Å². The average molecular weight is 331 g/mol. The standard InChI is InChI=1S/C16H15ClN4S/c1-10-11(2)22-16-14(10)15-18-8-19-21(15)9-20(16)7-12-3-5-13(17)6-4-12/h3-6,8H,7,9H2,1-2H3. The smallest absolute Gasteiger partial charge is 0.163 e. The molecule has 0 atom stereocenters. The lowest BCUT2D eigenvalue weighted by Gasteiger charge is -2.29. The summed E-state index contributed by atoms with van der Waals surface area (Å²) in [7, 11) is 0. The third-order valence-corrected chi connectivity index (χ3v) is 5.60. The Bertz CT molecular complexity index is 834. The second kappa shape index (κ2) is 5.11. The van der Waals surface area contributed by atoms with Gasteiger partial charge in [0.05, 0.1) is 5.56 Å². The first-order valence-electron chi connectivity index (χ1n) is 7.11. The molecule has 0 saturated heterocycles. The highest BCUT2D eigenvalue weighted by molar-refractivity contribution is 7.16. The van der Waals surface area contributed by atoms with Crippen molar-refractivity contribution in [1.82, 2.24) is 14.8 Å². The van der Waals surface area contributed by atoms with Crippen LogP contribution in [0.5, 0.6) is 0 Å². The predicted molar refractivity (Wildman–Crippen MR) is 90.4 cm³/mol. The first-order chi connectivity index (χ1) is 10.6. The maximum Gasteiger partial charge on any atom is 0.163 e. The van der Waals surface area contributed by atoms with Gasteiger partial charge in [0.25, 0.3) is 0 Å². The van der Waals surface area contributed by atoms with Crippen LogP contribution in [0, 0.1) is 13.8 Å². The van der Waals surface area contributed by atoms with Gasteiger partial charge >= 0.3 is 0 Å². The number of halogens is 1. The molecule has 0 radical (unpaired) electrons. The van der Waals surface area contributed by atoms with E-state index in [9.17, 15) is 0 Å². The summed E-state index contributed by atoms with van der Waals surface area (Å²) in [6, 6.07) is 8.03. The minimum absolute atomic E-state index is 0.727. The topological polar surface area (TPSA) is 34.0 Å². The molecule has 0 spiro atoms. The second-order valence-electron chi connectivity index (χ2n) is 5.51. The summed E-state index contributed by atoms with van der Waals surface area (Å²) in [5.41, 5.74) is 3.76. The molecule has 6 heteroatoms. The fourth-order valence-electron chi connectivity index (χ4n) is 2.81. The van der Waals surface area contributed by atoms with Crippen LogP contribution in [0.2, 0.25) is 5.02 Å². The Morgan fingerprint density at radius 3 is 2.77 bits per heavy atom. The summed E-state index contributed by atoms with van der Waals surface area (Å²) >= 11 is 7.81. The lowest BCUT2D eigenvalue weighted by Crippen LogP contribution is -2.29. The Labute approximate surface area is 138 Å². The zero-order chi connectivity index (χ0) is 15.3. The Morgan fingerprint density at radius 2 is 2.00 bits per heavy atom. The fourth-order valence-corrected chi connectivity index (χ4v) is 4.08. The monoisotopic (exact) mass is 330 g/mol. The summed E-state index contributed by atoms with van der Waals surface area (Å²) in [6.07, 6.45) is 1.64. The highest BCUT2D eigenvalue weighted by Crippen LogP contribution is 2.44. The van der Waals surface area contributed by atoms with E-state index in [1.54, 1.807) is 6.33 Å². The Morgan fingerprint density at radius 1 is 1.23 bits per heavy atom. The number of aryl methyl sites for hydroxylation is 1. The van der Waals surface area contributed by atoms with E-state index in [-0.39, 0.29) is 0 Å². The summed E-state index contributed by atoms with van der Waals surface area (Å²) in [5, 5.41) is 6.41. The van der Waals surface area contributed by atoms with Gasteiger partial charge in [-0.15, -0.1) is 11.3 Å². The molecule has 0 aliphatic carbocycles. The molecule has 1 aromatic carbocycles. The summed E-state index contributed by atoms with van der Waals surface area (Å²) < 4.78 is 1.97. The number of anilines is 1. The molecule has 4 nitrogen and oxygen atoms in total. The Kier molecular flexibility index (Phi) is 3.20. The van der Waals surface area contributed by atoms with Crippen molar-refractivity contribution in [1.29, 1.82) is 0 Å². The summed E-state index contributed by atoms with van der Waals surface area (Å²) in [6.45, 7) is 5.89. The number of benzene rings is 1. The molecule has 3 aromatic rings. The van der Waals surface area contributed by atoms with Crippen LogP contribution in [0.15, 0.2) is 30.6 Å². The van der Waals surface area contributed by atoms with Crippen molar-refractivity contribution in [3.05, 3.63) is 51.6 Å². The van der Waals surface area contributed by atoms with Crippen molar-refractivity contribution in [2.75, 3.05) is 4.90 Å². The SMILES string of the molecule is Cc1sc2c(c1C)-c1ncnn1CN2Cc1ccc(Cl)cc1. The van der Waals surface area contributed by atoms with Gasteiger partial charge in [-0.1, -0.05) is 23.7 Å². The van der Waals surface area contributed by atoms with Crippen LogP contribution < -0.4 is 4.90 Å². The zero-order valence-electron chi connectivity index (χ0n) is 12.4. The van der Waals surface area contributed by atoms with Crippen LogP contribution in [0.3, 0.4) is 0 Å².